The molecule has 7 nitrogen and oxygen atoms in total. The predicted molar refractivity (Wildman–Crippen MR) is 81.9 cm³/mol. The molecule has 0 bridgehead atoms. The molecule has 1 aliphatic carbocycles. The Morgan fingerprint density at radius 2 is 2.27 bits per heavy atom. The first-order valence-corrected chi connectivity index (χ1v) is 7.38. The normalized spacial score (nSPS) is 25.0. The minimum atomic E-state index is -0.814. The molecule has 0 spiro atoms. The van der Waals surface area contributed by atoms with Crippen molar-refractivity contribution in [3.8, 4) is 0 Å². The minimum absolute atomic E-state index is 0.00273. The first kappa shape index (κ1) is 14.8. The summed E-state index contributed by atoms with van der Waals surface area (Å²) in [5, 5.41) is 21.8. The zero-order valence-electron chi connectivity index (χ0n) is 12.6. The van der Waals surface area contributed by atoms with E-state index in [9.17, 15) is 20.0 Å². The predicted octanol–water partition coefficient (Wildman–Crippen LogP) is 1.87. The third kappa shape index (κ3) is 2.21. The number of aromatic amines is 1. The molecule has 22 heavy (non-hydrogen) atoms. The highest BCUT2D eigenvalue weighted by molar-refractivity contribution is 5.82. The van der Waals surface area contributed by atoms with Gasteiger partial charge in [-0.15, -0.1) is 0 Å². The van der Waals surface area contributed by atoms with Crippen LogP contribution in [0.25, 0.3) is 11.0 Å². The molecule has 1 saturated carbocycles. The SMILES string of the molecule is Cn1c(=O)[nH]c2c(C[C@@H]3CCC[C@]3(C)O)c([N+](=O)[O-])ccc21. The van der Waals surface area contributed by atoms with Crippen molar-refractivity contribution in [2.24, 2.45) is 13.0 Å². The van der Waals surface area contributed by atoms with Gasteiger partial charge in [0.05, 0.1) is 27.1 Å². The van der Waals surface area contributed by atoms with E-state index in [0.717, 1.165) is 12.8 Å². The van der Waals surface area contributed by atoms with Crippen LogP contribution in [-0.4, -0.2) is 25.2 Å². The molecule has 3 rings (SSSR count). The third-order valence-corrected chi connectivity index (χ3v) is 4.93. The number of imidazole rings is 1. The maximum atomic E-state index is 11.8. The molecule has 2 atom stereocenters. The molecule has 1 fully saturated rings. The molecule has 1 aromatic carbocycles. The smallest absolute Gasteiger partial charge is 0.326 e. The van der Waals surface area contributed by atoms with Gasteiger partial charge in [-0.3, -0.25) is 14.7 Å². The molecule has 7 heteroatoms. The summed E-state index contributed by atoms with van der Waals surface area (Å²) < 4.78 is 1.44. The number of fused-ring (bicyclic) bond motifs is 1. The van der Waals surface area contributed by atoms with Crippen molar-refractivity contribution in [1.29, 1.82) is 0 Å². The highest BCUT2D eigenvalue weighted by Gasteiger charge is 2.38. The summed E-state index contributed by atoms with van der Waals surface area (Å²) in [6.07, 6.45) is 2.83. The Balaban J connectivity index is 2.17. The lowest BCUT2D eigenvalue weighted by atomic mass is 9.86. The van der Waals surface area contributed by atoms with Gasteiger partial charge >= 0.3 is 5.69 Å². The van der Waals surface area contributed by atoms with Gasteiger partial charge in [0.2, 0.25) is 0 Å². The molecular weight excluding hydrogens is 286 g/mol. The van der Waals surface area contributed by atoms with E-state index >= 15 is 0 Å². The van der Waals surface area contributed by atoms with Crippen LogP contribution in [0.5, 0.6) is 0 Å². The molecule has 1 heterocycles. The zero-order chi connectivity index (χ0) is 16.1. The van der Waals surface area contributed by atoms with Crippen molar-refractivity contribution in [2.45, 2.75) is 38.2 Å². The van der Waals surface area contributed by atoms with Gasteiger partial charge in [0, 0.05) is 13.1 Å². The van der Waals surface area contributed by atoms with E-state index in [4.69, 9.17) is 0 Å². The second-order valence-electron chi connectivity index (χ2n) is 6.35. The summed E-state index contributed by atoms with van der Waals surface area (Å²) in [5.41, 5.74) is 0.539. The van der Waals surface area contributed by atoms with Crippen molar-refractivity contribution < 1.29 is 10.0 Å². The summed E-state index contributed by atoms with van der Waals surface area (Å²) in [4.78, 5) is 25.4. The Kier molecular flexibility index (Phi) is 3.32. The number of rotatable bonds is 3. The van der Waals surface area contributed by atoms with Crippen LogP contribution >= 0.6 is 0 Å². The van der Waals surface area contributed by atoms with E-state index in [-0.39, 0.29) is 17.3 Å². The lowest BCUT2D eigenvalue weighted by Gasteiger charge is -2.25. The van der Waals surface area contributed by atoms with Gasteiger partial charge in [0.25, 0.3) is 5.69 Å². The van der Waals surface area contributed by atoms with Gasteiger partial charge in [-0.25, -0.2) is 4.79 Å². The fourth-order valence-electron chi connectivity index (χ4n) is 3.51. The summed E-state index contributed by atoms with van der Waals surface area (Å²) in [6, 6.07) is 3.02. The largest absolute Gasteiger partial charge is 0.390 e. The second-order valence-corrected chi connectivity index (χ2v) is 6.35. The molecule has 1 aromatic heterocycles. The first-order chi connectivity index (χ1) is 10.3. The van der Waals surface area contributed by atoms with Crippen molar-refractivity contribution in [3.63, 3.8) is 0 Å². The molecule has 2 aromatic rings. The molecule has 118 valence electrons. The number of aryl methyl sites for hydroxylation is 1. The van der Waals surface area contributed by atoms with Gasteiger partial charge in [0.15, 0.2) is 0 Å². The number of nitrogens with one attached hydrogen (secondary N) is 1. The zero-order valence-corrected chi connectivity index (χ0v) is 12.6. The summed E-state index contributed by atoms with van der Waals surface area (Å²) in [5.74, 6) is -0.0412. The molecule has 0 amide bonds. The number of nitrogens with zero attached hydrogens (tertiary/aromatic N) is 2. The quantitative estimate of drug-likeness (QED) is 0.667. The molecule has 0 saturated heterocycles. The minimum Gasteiger partial charge on any atom is -0.390 e. The van der Waals surface area contributed by atoms with E-state index in [1.165, 1.54) is 10.6 Å². The topological polar surface area (TPSA) is 101 Å². The van der Waals surface area contributed by atoms with Crippen LogP contribution in [-0.2, 0) is 13.5 Å². The fourth-order valence-corrected chi connectivity index (χ4v) is 3.51. The Morgan fingerprint density at radius 3 is 2.86 bits per heavy atom. The number of aliphatic hydroxyl groups is 1. The molecular formula is C15H19N3O4. The maximum absolute atomic E-state index is 11.8. The van der Waals surface area contributed by atoms with E-state index < -0.39 is 10.5 Å². The number of hydrogen-bond donors (Lipinski definition) is 2. The summed E-state index contributed by atoms with van der Waals surface area (Å²) >= 11 is 0. The van der Waals surface area contributed by atoms with E-state index in [0.29, 0.717) is 29.4 Å². The van der Waals surface area contributed by atoms with Crippen LogP contribution in [0.2, 0.25) is 0 Å². The van der Waals surface area contributed by atoms with Crippen LogP contribution in [0, 0.1) is 16.0 Å². The number of hydrogen-bond acceptors (Lipinski definition) is 4. The van der Waals surface area contributed by atoms with Gasteiger partial charge < -0.3 is 10.1 Å². The molecule has 0 radical (unpaired) electrons. The molecule has 0 unspecified atom stereocenters. The van der Waals surface area contributed by atoms with Gasteiger partial charge in [0.1, 0.15) is 0 Å². The monoisotopic (exact) mass is 305 g/mol. The van der Waals surface area contributed by atoms with Crippen LogP contribution in [0.4, 0.5) is 5.69 Å². The van der Waals surface area contributed by atoms with Crippen molar-refractivity contribution in [3.05, 3.63) is 38.3 Å². The van der Waals surface area contributed by atoms with E-state index in [1.807, 2.05) is 0 Å². The summed E-state index contributed by atoms with van der Waals surface area (Å²) in [6.45, 7) is 1.78. The standard InChI is InChI=1S/C15H19N3O4/c1-15(20)7-3-4-9(15)8-10-11(18(21)22)5-6-12-13(10)16-14(19)17(12)2/h5-6,9,20H,3-4,7-8H2,1-2H3,(H,16,19)/t9-,15-/m0/s1. The van der Waals surface area contributed by atoms with Gasteiger partial charge in [-0.2, -0.15) is 0 Å². The fraction of sp³-hybridized carbons (Fsp3) is 0.533. The number of nitro groups is 1. The highest BCUT2D eigenvalue weighted by atomic mass is 16.6. The van der Waals surface area contributed by atoms with Gasteiger partial charge in [-0.1, -0.05) is 6.42 Å². The van der Waals surface area contributed by atoms with Crippen molar-refractivity contribution >= 4 is 16.7 Å². The highest BCUT2D eigenvalue weighted by Crippen LogP contribution is 2.40. The van der Waals surface area contributed by atoms with E-state index in [1.54, 1.807) is 20.0 Å². The third-order valence-electron chi connectivity index (χ3n) is 4.93. The average molecular weight is 305 g/mol. The molecule has 1 aliphatic rings. The maximum Gasteiger partial charge on any atom is 0.326 e. The lowest BCUT2D eigenvalue weighted by molar-refractivity contribution is -0.385. The Labute approximate surface area is 126 Å². The number of aromatic nitrogens is 2. The van der Waals surface area contributed by atoms with Crippen molar-refractivity contribution in [1.82, 2.24) is 9.55 Å². The number of benzene rings is 1. The number of H-pyrrole nitrogens is 1. The average Bonchev–Trinajstić information content (AvgIpc) is 2.91. The Morgan fingerprint density at radius 1 is 1.55 bits per heavy atom. The lowest BCUT2D eigenvalue weighted by Crippen LogP contribution is -2.30. The molecule has 2 N–H and O–H groups in total. The van der Waals surface area contributed by atoms with E-state index in [2.05, 4.69) is 4.98 Å². The van der Waals surface area contributed by atoms with Crippen LogP contribution in [0.15, 0.2) is 16.9 Å². The van der Waals surface area contributed by atoms with Crippen molar-refractivity contribution in [2.75, 3.05) is 0 Å². The molecule has 0 aliphatic heterocycles. The van der Waals surface area contributed by atoms with Gasteiger partial charge in [-0.05, 0) is 38.2 Å². The number of nitro benzene ring substituents is 1. The van der Waals surface area contributed by atoms with Crippen LogP contribution in [0.1, 0.15) is 31.7 Å². The summed E-state index contributed by atoms with van der Waals surface area (Å²) in [7, 11) is 1.63. The van der Waals surface area contributed by atoms with Crippen LogP contribution in [0.3, 0.4) is 0 Å². The second kappa shape index (κ2) is 4.95. The first-order valence-electron chi connectivity index (χ1n) is 7.38. The van der Waals surface area contributed by atoms with Crippen LogP contribution < -0.4 is 5.69 Å². The Bertz CT molecular complexity index is 803. The Hall–Kier alpha value is -2.15.